The highest BCUT2D eigenvalue weighted by Crippen LogP contribution is 2.38. The number of carbonyl (C=O) groups is 2. The van der Waals surface area contributed by atoms with Crippen molar-refractivity contribution in [2.24, 2.45) is 20.0 Å². The fourth-order valence-electron chi connectivity index (χ4n) is 3.73. The number of carbonyl (C=O) groups excluding carboxylic acids is 2. The Kier molecular flexibility index (Phi) is 3.85. The van der Waals surface area contributed by atoms with Crippen LogP contribution in [-0.4, -0.2) is 31.5 Å². The molecule has 8 heteroatoms. The van der Waals surface area contributed by atoms with Crippen LogP contribution in [0.1, 0.15) is 38.3 Å². The third-order valence-electron chi connectivity index (χ3n) is 5.45. The molecule has 2 aliphatic rings. The summed E-state index contributed by atoms with van der Waals surface area (Å²) in [5.41, 5.74) is -1.44. The average molecular weight is 334 g/mol. The van der Waals surface area contributed by atoms with Gasteiger partial charge in [-0.25, -0.2) is 9.59 Å². The molecule has 0 bridgehead atoms. The molecule has 130 valence electrons. The van der Waals surface area contributed by atoms with Crippen LogP contribution in [0.5, 0.6) is 0 Å². The largest absolute Gasteiger partial charge is 0.330 e. The second-order valence-corrected chi connectivity index (χ2v) is 6.81. The van der Waals surface area contributed by atoms with Gasteiger partial charge in [-0.3, -0.25) is 23.6 Å². The molecule has 1 saturated carbocycles. The van der Waals surface area contributed by atoms with Gasteiger partial charge in [0.05, 0.1) is 6.54 Å². The Morgan fingerprint density at radius 2 is 1.88 bits per heavy atom. The van der Waals surface area contributed by atoms with Gasteiger partial charge in [0.25, 0.3) is 11.5 Å². The minimum Gasteiger partial charge on any atom is -0.323 e. The van der Waals surface area contributed by atoms with E-state index in [2.05, 4.69) is 5.32 Å². The maximum Gasteiger partial charge on any atom is 0.330 e. The SMILES string of the molecule is CC1CCCCC12NC(=O)N(Cc1cc(=O)n(C)c(=O)n1C)C2=O. The Balaban J connectivity index is 1.94. The molecule has 8 nitrogen and oxygen atoms in total. The van der Waals surface area contributed by atoms with Crippen molar-refractivity contribution < 1.29 is 9.59 Å². The van der Waals surface area contributed by atoms with E-state index in [1.807, 2.05) is 6.92 Å². The lowest BCUT2D eigenvalue weighted by Crippen LogP contribution is -2.53. The molecule has 0 aromatic carbocycles. The first-order valence-corrected chi connectivity index (χ1v) is 8.18. The Morgan fingerprint density at radius 3 is 2.54 bits per heavy atom. The van der Waals surface area contributed by atoms with Gasteiger partial charge >= 0.3 is 11.7 Å². The fraction of sp³-hybridized carbons (Fsp3) is 0.625. The number of hydrogen-bond donors (Lipinski definition) is 1. The van der Waals surface area contributed by atoms with Crippen LogP contribution < -0.4 is 16.6 Å². The topological polar surface area (TPSA) is 93.4 Å². The summed E-state index contributed by atoms with van der Waals surface area (Å²) in [5.74, 6) is -0.187. The van der Waals surface area contributed by atoms with E-state index in [1.165, 1.54) is 24.7 Å². The second kappa shape index (κ2) is 5.61. The maximum absolute atomic E-state index is 12.9. The summed E-state index contributed by atoms with van der Waals surface area (Å²) >= 11 is 0. The highest BCUT2D eigenvalue weighted by molar-refractivity contribution is 6.07. The first-order chi connectivity index (χ1) is 11.3. The van der Waals surface area contributed by atoms with Crippen LogP contribution >= 0.6 is 0 Å². The molecule has 1 aliphatic carbocycles. The van der Waals surface area contributed by atoms with Gasteiger partial charge < -0.3 is 5.32 Å². The molecule has 1 spiro atoms. The van der Waals surface area contributed by atoms with E-state index < -0.39 is 22.8 Å². The number of aromatic nitrogens is 2. The van der Waals surface area contributed by atoms with Crippen molar-refractivity contribution in [2.75, 3.05) is 0 Å². The van der Waals surface area contributed by atoms with Crippen LogP contribution in [0.3, 0.4) is 0 Å². The molecule has 1 aromatic heterocycles. The van der Waals surface area contributed by atoms with Crippen LogP contribution in [0.15, 0.2) is 15.7 Å². The molecule has 2 fully saturated rings. The molecule has 1 saturated heterocycles. The first kappa shape index (κ1) is 16.5. The summed E-state index contributed by atoms with van der Waals surface area (Å²) in [7, 11) is 2.91. The lowest BCUT2D eigenvalue weighted by atomic mass is 9.73. The molecule has 1 aliphatic heterocycles. The molecule has 1 aromatic rings. The number of nitrogens with one attached hydrogen (secondary N) is 1. The van der Waals surface area contributed by atoms with Crippen LogP contribution in [0.4, 0.5) is 4.79 Å². The van der Waals surface area contributed by atoms with Crippen molar-refractivity contribution in [3.05, 3.63) is 32.6 Å². The number of hydrogen-bond acceptors (Lipinski definition) is 4. The van der Waals surface area contributed by atoms with E-state index in [4.69, 9.17) is 0 Å². The third kappa shape index (κ3) is 2.28. The van der Waals surface area contributed by atoms with Gasteiger partial charge in [-0.05, 0) is 18.8 Å². The molecule has 2 unspecified atom stereocenters. The van der Waals surface area contributed by atoms with Crippen LogP contribution in [0, 0.1) is 5.92 Å². The Morgan fingerprint density at radius 1 is 1.17 bits per heavy atom. The Bertz CT molecular complexity index is 824. The standard InChI is InChI=1S/C16H22N4O4/c1-10-6-4-5-7-16(10)13(22)20(14(23)17-16)9-11-8-12(21)19(3)15(24)18(11)2/h8,10H,4-7,9H2,1-3H3,(H,17,23). The molecular formula is C16H22N4O4. The summed E-state index contributed by atoms with van der Waals surface area (Å²) in [6, 6.07) is 0.832. The molecule has 3 amide bonds. The van der Waals surface area contributed by atoms with Crippen LogP contribution in [-0.2, 0) is 25.4 Å². The van der Waals surface area contributed by atoms with Crippen molar-refractivity contribution in [1.82, 2.24) is 19.4 Å². The number of rotatable bonds is 2. The normalized spacial score (nSPS) is 27.0. The Hall–Kier alpha value is -2.38. The lowest BCUT2D eigenvalue weighted by molar-refractivity contribution is -0.134. The van der Waals surface area contributed by atoms with E-state index in [0.717, 1.165) is 28.7 Å². The van der Waals surface area contributed by atoms with Crippen molar-refractivity contribution in [2.45, 2.75) is 44.7 Å². The van der Waals surface area contributed by atoms with Crippen LogP contribution in [0.2, 0.25) is 0 Å². The molecule has 2 atom stereocenters. The average Bonchev–Trinajstić information content (AvgIpc) is 2.78. The third-order valence-corrected chi connectivity index (χ3v) is 5.45. The Labute approximate surface area is 139 Å². The predicted molar refractivity (Wildman–Crippen MR) is 86.4 cm³/mol. The van der Waals surface area contributed by atoms with Crippen LogP contribution in [0.25, 0.3) is 0 Å². The highest BCUT2D eigenvalue weighted by atomic mass is 16.2. The van der Waals surface area contributed by atoms with Crippen molar-refractivity contribution in [1.29, 1.82) is 0 Å². The fourth-order valence-corrected chi connectivity index (χ4v) is 3.73. The molecule has 24 heavy (non-hydrogen) atoms. The number of imide groups is 1. The molecular weight excluding hydrogens is 312 g/mol. The highest BCUT2D eigenvalue weighted by Gasteiger charge is 2.54. The minimum atomic E-state index is -0.839. The van der Waals surface area contributed by atoms with E-state index in [0.29, 0.717) is 12.1 Å². The van der Waals surface area contributed by atoms with E-state index in [1.54, 1.807) is 0 Å². The zero-order valence-electron chi connectivity index (χ0n) is 14.2. The second-order valence-electron chi connectivity index (χ2n) is 6.81. The number of amides is 3. The van der Waals surface area contributed by atoms with Crippen molar-refractivity contribution in [3.63, 3.8) is 0 Å². The van der Waals surface area contributed by atoms with E-state index in [-0.39, 0.29) is 18.4 Å². The van der Waals surface area contributed by atoms with Gasteiger partial charge in [-0.2, -0.15) is 0 Å². The number of nitrogens with zero attached hydrogens (tertiary/aromatic N) is 3. The van der Waals surface area contributed by atoms with E-state index >= 15 is 0 Å². The van der Waals surface area contributed by atoms with E-state index in [9.17, 15) is 19.2 Å². The summed E-state index contributed by atoms with van der Waals surface area (Å²) in [6.45, 7) is 1.90. The zero-order valence-corrected chi connectivity index (χ0v) is 14.2. The summed E-state index contributed by atoms with van der Waals surface area (Å²) in [4.78, 5) is 50.3. The summed E-state index contributed by atoms with van der Waals surface area (Å²) in [6.07, 6.45) is 3.47. The maximum atomic E-state index is 12.9. The summed E-state index contributed by atoms with van der Waals surface area (Å²) in [5, 5.41) is 2.87. The number of urea groups is 1. The predicted octanol–water partition coefficient (Wildman–Crippen LogP) is 0.0847. The van der Waals surface area contributed by atoms with Gasteiger partial charge in [0.2, 0.25) is 0 Å². The summed E-state index contributed by atoms with van der Waals surface area (Å²) < 4.78 is 2.28. The van der Waals surface area contributed by atoms with Gasteiger partial charge in [0.1, 0.15) is 5.54 Å². The van der Waals surface area contributed by atoms with Gasteiger partial charge in [0, 0.05) is 25.9 Å². The molecule has 2 heterocycles. The monoisotopic (exact) mass is 334 g/mol. The smallest absolute Gasteiger partial charge is 0.323 e. The first-order valence-electron chi connectivity index (χ1n) is 8.18. The molecule has 3 rings (SSSR count). The van der Waals surface area contributed by atoms with Crippen molar-refractivity contribution in [3.8, 4) is 0 Å². The van der Waals surface area contributed by atoms with Crippen molar-refractivity contribution >= 4 is 11.9 Å². The molecule has 0 radical (unpaired) electrons. The van der Waals surface area contributed by atoms with Gasteiger partial charge in [0.15, 0.2) is 0 Å². The van der Waals surface area contributed by atoms with Gasteiger partial charge in [-0.15, -0.1) is 0 Å². The van der Waals surface area contributed by atoms with Gasteiger partial charge in [-0.1, -0.05) is 19.8 Å². The quantitative estimate of drug-likeness (QED) is 0.776. The zero-order chi connectivity index (χ0) is 17.6. The lowest BCUT2D eigenvalue weighted by Gasteiger charge is -2.36. The minimum absolute atomic E-state index is 0.0696. The molecule has 1 N–H and O–H groups in total.